The molecule has 1 aliphatic heterocycles. The first-order valence-electron chi connectivity index (χ1n) is 6.39. The number of rotatable bonds is 8. The maximum atomic E-state index is 5.44. The monoisotopic (exact) mass is 280 g/mol. The molecule has 1 aliphatic rings. The summed E-state index contributed by atoms with van der Waals surface area (Å²) in [5.74, 6) is 0. The highest BCUT2D eigenvalue weighted by Gasteiger charge is 2.21. The molecule has 0 aromatic carbocycles. The Morgan fingerprint density at radius 1 is 1.44 bits per heavy atom. The van der Waals surface area contributed by atoms with Crippen molar-refractivity contribution in [2.24, 2.45) is 0 Å². The maximum absolute atomic E-state index is 5.44. The van der Waals surface area contributed by atoms with Crippen LogP contribution >= 0.6 is 0 Å². The van der Waals surface area contributed by atoms with Crippen LogP contribution in [0.25, 0.3) is 0 Å². The highest BCUT2D eigenvalue weighted by atomic mass is 29.1. The van der Waals surface area contributed by atoms with Crippen LogP contribution in [0, 0.1) is 0 Å². The lowest BCUT2D eigenvalue weighted by Crippen LogP contribution is -2.07. The van der Waals surface area contributed by atoms with Crippen LogP contribution in [0.3, 0.4) is 0 Å². The molecule has 0 aromatic heterocycles. The summed E-state index contributed by atoms with van der Waals surface area (Å²) in [6, 6.07) is 1.52. The summed E-state index contributed by atoms with van der Waals surface area (Å²) in [6.07, 6.45) is 3.09. The van der Waals surface area contributed by atoms with Crippen LogP contribution in [0.5, 0.6) is 0 Å². The molecular formula is C10H28O3Si3. The second-order valence-corrected chi connectivity index (χ2v) is 14.4. The normalized spacial score (nSPS) is 20.2. The number of hydrogen-bond donors (Lipinski definition) is 0. The van der Waals surface area contributed by atoms with Gasteiger partial charge in [-0.2, -0.15) is 0 Å². The SMILES string of the molecule is CCO[SiH3].C[SiH]([SiH3])CCCCOCC1CO1. The highest BCUT2D eigenvalue weighted by Crippen LogP contribution is 2.09. The summed E-state index contributed by atoms with van der Waals surface area (Å²) in [7, 11) is 2.19. The second kappa shape index (κ2) is 12.0. The third kappa shape index (κ3) is 14.5. The van der Waals surface area contributed by atoms with Crippen LogP contribution < -0.4 is 0 Å². The van der Waals surface area contributed by atoms with Gasteiger partial charge in [-0.3, -0.25) is 0 Å². The van der Waals surface area contributed by atoms with Crippen LogP contribution in [0.1, 0.15) is 19.8 Å². The molecule has 0 saturated carbocycles. The topological polar surface area (TPSA) is 31.0 Å². The van der Waals surface area contributed by atoms with Gasteiger partial charge in [-0.05, 0) is 23.1 Å². The lowest BCUT2D eigenvalue weighted by Gasteiger charge is -2.03. The van der Waals surface area contributed by atoms with Crippen molar-refractivity contribution in [2.75, 3.05) is 26.4 Å². The van der Waals surface area contributed by atoms with Gasteiger partial charge in [0.05, 0.1) is 13.2 Å². The Balaban J connectivity index is 0.000000487. The van der Waals surface area contributed by atoms with Crippen molar-refractivity contribution in [3.63, 3.8) is 0 Å². The van der Waals surface area contributed by atoms with Crippen molar-refractivity contribution in [1.82, 2.24) is 0 Å². The predicted molar refractivity (Wildman–Crippen MR) is 79.1 cm³/mol. The lowest BCUT2D eigenvalue weighted by molar-refractivity contribution is 0.114. The van der Waals surface area contributed by atoms with Gasteiger partial charge < -0.3 is 13.9 Å². The van der Waals surface area contributed by atoms with E-state index in [2.05, 4.69) is 11.0 Å². The van der Waals surface area contributed by atoms with Crippen LogP contribution in [-0.4, -0.2) is 61.1 Å². The Kier molecular flexibility index (Phi) is 12.4. The summed E-state index contributed by atoms with van der Waals surface area (Å²) < 4.78 is 15.2. The third-order valence-corrected chi connectivity index (χ3v) is 6.19. The number of unbranched alkanes of at least 4 members (excludes halogenated alkanes) is 1. The van der Waals surface area contributed by atoms with Crippen molar-refractivity contribution in [3.8, 4) is 0 Å². The third-order valence-electron chi connectivity index (χ3n) is 2.31. The van der Waals surface area contributed by atoms with Gasteiger partial charge in [-0.25, -0.2) is 0 Å². The van der Waals surface area contributed by atoms with E-state index in [1.54, 1.807) is 0 Å². The van der Waals surface area contributed by atoms with E-state index in [0.29, 0.717) is 6.10 Å². The van der Waals surface area contributed by atoms with Crippen molar-refractivity contribution >= 4 is 28.6 Å². The molecule has 0 amide bonds. The molecule has 0 bridgehead atoms. The number of ether oxygens (including phenoxy) is 2. The largest absolute Gasteiger partial charge is 0.428 e. The van der Waals surface area contributed by atoms with Gasteiger partial charge in [0.2, 0.25) is 0 Å². The summed E-state index contributed by atoms with van der Waals surface area (Å²) in [5.41, 5.74) is 0. The van der Waals surface area contributed by atoms with Gasteiger partial charge in [0, 0.05) is 21.5 Å². The Labute approximate surface area is 108 Å². The molecule has 0 N–H and O–H groups in total. The Bertz CT molecular complexity index is 135. The number of hydrogen-bond acceptors (Lipinski definition) is 3. The van der Waals surface area contributed by atoms with Crippen molar-refractivity contribution in [3.05, 3.63) is 0 Å². The highest BCUT2D eigenvalue weighted by molar-refractivity contribution is 7.02. The van der Waals surface area contributed by atoms with E-state index in [-0.39, 0.29) is 8.31 Å². The maximum Gasteiger partial charge on any atom is 0.145 e. The molecular weight excluding hydrogens is 252 g/mol. The molecule has 1 rings (SSSR count). The molecule has 2 atom stereocenters. The predicted octanol–water partition coefficient (Wildman–Crippen LogP) is -0.796. The van der Waals surface area contributed by atoms with E-state index < -0.39 is 0 Å². The fraction of sp³-hybridized carbons (Fsp3) is 1.00. The van der Waals surface area contributed by atoms with Gasteiger partial charge in [-0.15, -0.1) is 0 Å². The fourth-order valence-electron chi connectivity index (χ4n) is 1.14. The van der Waals surface area contributed by atoms with Gasteiger partial charge in [-0.1, -0.05) is 19.0 Å². The van der Waals surface area contributed by atoms with Crippen LogP contribution in [-0.2, 0) is 13.9 Å². The van der Waals surface area contributed by atoms with Crippen LogP contribution in [0.4, 0.5) is 0 Å². The standard InChI is InChI=1S/C8H20O2Si2.C2H8OSi/c1-12(11)5-3-2-4-9-6-8-7-10-8;1-2-3-4/h8,12H,2-7H2,1,11H3;2H2,1,4H3. The summed E-state index contributed by atoms with van der Waals surface area (Å²) >= 11 is 0. The van der Waals surface area contributed by atoms with E-state index in [1.807, 2.05) is 6.92 Å². The molecule has 3 nitrogen and oxygen atoms in total. The first-order chi connectivity index (χ1) is 7.70. The zero-order valence-corrected chi connectivity index (χ0v) is 16.5. The first-order valence-corrected chi connectivity index (χ1v) is 13.8. The van der Waals surface area contributed by atoms with E-state index in [4.69, 9.17) is 9.47 Å². The van der Waals surface area contributed by atoms with Crippen LogP contribution in [0.15, 0.2) is 0 Å². The molecule has 0 spiro atoms. The minimum absolute atomic E-state index is 0.171. The lowest BCUT2D eigenvalue weighted by atomic mass is 10.3. The zero-order valence-electron chi connectivity index (χ0n) is 11.3. The quantitative estimate of drug-likeness (QED) is 0.332. The van der Waals surface area contributed by atoms with Crippen molar-refractivity contribution < 1.29 is 13.9 Å². The van der Waals surface area contributed by atoms with Gasteiger partial charge in [0.1, 0.15) is 16.6 Å². The molecule has 98 valence electrons. The van der Waals surface area contributed by atoms with Gasteiger partial charge >= 0.3 is 0 Å². The molecule has 0 aliphatic carbocycles. The summed E-state index contributed by atoms with van der Waals surface area (Å²) in [6.45, 7) is 8.03. The molecule has 1 fully saturated rings. The number of epoxide rings is 1. The smallest absolute Gasteiger partial charge is 0.145 e. The molecule has 0 radical (unpaired) electrons. The van der Waals surface area contributed by atoms with E-state index >= 15 is 0 Å². The summed E-state index contributed by atoms with van der Waals surface area (Å²) in [5, 5.41) is 0. The fourth-order valence-corrected chi connectivity index (χ4v) is 3.47. The average Bonchev–Trinajstić information content (AvgIpc) is 3.07. The van der Waals surface area contributed by atoms with Crippen molar-refractivity contribution in [2.45, 2.75) is 38.5 Å². The zero-order chi connectivity index (χ0) is 12.2. The van der Waals surface area contributed by atoms with Gasteiger partial charge in [0.15, 0.2) is 0 Å². The molecule has 1 saturated heterocycles. The average molecular weight is 281 g/mol. The Morgan fingerprint density at radius 3 is 2.50 bits per heavy atom. The molecule has 1 heterocycles. The minimum Gasteiger partial charge on any atom is -0.428 e. The molecule has 2 unspecified atom stereocenters. The van der Waals surface area contributed by atoms with Crippen molar-refractivity contribution in [1.29, 1.82) is 0 Å². The minimum atomic E-state index is -0.171. The molecule has 0 aromatic rings. The molecule has 16 heavy (non-hydrogen) atoms. The first kappa shape index (κ1) is 16.5. The molecule has 6 heteroatoms. The van der Waals surface area contributed by atoms with Gasteiger partial charge in [0.25, 0.3) is 0 Å². The van der Waals surface area contributed by atoms with E-state index in [9.17, 15) is 0 Å². The second-order valence-electron chi connectivity index (χ2n) is 4.50. The Hall–Kier alpha value is 0.531. The summed E-state index contributed by atoms with van der Waals surface area (Å²) in [4.78, 5) is 0. The van der Waals surface area contributed by atoms with E-state index in [1.165, 1.54) is 28.6 Å². The van der Waals surface area contributed by atoms with E-state index in [0.717, 1.165) is 36.9 Å². The van der Waals surface area contributed by atoms with Crippen LogP contribution in [0.2, 0.25) is 12.6 Å². The Morgan fingerprint density at radius 2 is 2.06 bits per heavy atom.